The monoisotopic (exact) mass is 289 g/mol. The number of sulfonamides is 1. The van der Waals surface area contributed by atoms with Crippen molar-refractivity contribution in [3.8, 4) is 5.75 Å². The molecule has 0 aliphatic carbocycles. The van der Waals surface area contributed by atoms with E-state index in [2.05, 4.69) is 4.72 Å². The fourth-order valence-electron chi connectivity index (χ4n) is 1.60. The molecule has 0 bridgehead atoms. The molecule has 0 aromatic heterocycles. The SMILES string of the molecule is COCC(CO)NS(=O)(=O)c1cc(C)ccc1OC. The van der Waals surface area contributed by atoms with E-state index in [1.54, 1.807) is 19.1 Å². The lowest BCUT2D eigenvalue weighted by Crippen LogP contribution is -2.40. The molecule has 2 N–H and O–H groups in total. The Bertz CT molecular complexity index is 515. The second kappa shape index (κ2) is 6.85. The van der Waals surface area contributed by atoms with Crippen LogP contribution in [-0.2, 0) is 14.8 Å². The Labute approximate surface area is 113 Å². The third-order valence-corrected chi connectivity index (χ3v) is 4.06. The second-order valence-corrected chi connectivity index (χ2v) is 5.79. The van der Waals surface area contributed by atoms with Crippen LogP contribution in [0.2, 0.25) is 0 Å². The third-order valence-electron chi connectivity index (χ3n) is 2.52. The van der Waals surface area contributed by atoms with Crippen LogP contribution in [0.15, 0.2) is 23.1 Å². The van der Waals surface area contributed by atoms with Crippen molar-refractivity contribution >= 4 is 10.0 Å². The highest BCUT2D eigenvalue weighted by Gasteiger charge is 2.23. The molecule has 1 atom stereocenters. The molecule has 1 aromatic carbocycles. The Hall–Kier alpha value is -1.15. The van der Waals surface area contributed by atoms with Crippen LogP contribution in [-0.4, -0.2) is 47.0 Å². The lowest BCUT2D eigenvalue weighted by Gasteiger charge is -2.17. The van der Waals surface area contributed by atoms with E-state index in [1.807, 2.05) is 0 Å². The van der Waals surface area contributed by atoms with Crippen molar-refractivity contribution in [2.75, 3.05) is 27.4 Å². The molecule has 7 heteroatoms. The van der Waals surface area contributed by atoms with E-state index >= 15 is 0 Å². The zero-order valence-electron chi connectivity index (χ0n) is 11.2. The van der Waals surface area contributed by atoms with E-state index in [9.17, 15) is 8.42 Å². The number of aryl methyl sites for hydroxylation is 1. The van der Waals surface area contributed by atoms with Crippen LogP contribution in [0.1, 0.15) is 5.56 Å². The Kier molecular flexibility index (Phi) is 5.74. The molecule has 0 aliphatic heterocycles. The molecule has 0 radical (unpaired) electrons. The molecule has 0 fully saturated rings. The van der Waals surface area contributed by atoms with Crippen LogP contribution >= 0.6 is 0 Å². The minimum absolute atomic E-state index is 0.0459. The van der Waals surface area contributed by atoms with Crippen molar-refractivity contribution in [3.63, 3.8) is 0 Å². The average molecular weight is 289 g/mol. The number of methoxy groups -OCH3 is 2. The summed E-state index contributed by atoms with van der Waals surface area (Å²) in [6.07, 6.45) is 0. The summed E-state index contributed by atoms with van der Waals surface area (Å²) >= 11 is 0. The Morgan fingerprint density at radius 1 is 1.37 bits per heavy atom. The largest absolute Gasteiger partial charge is 0.495 e. The molecule has 0 heterocycles. The quantitative estimate of drug-likeness (QED) is 0.753. The molecule has 0 spiro atoms. The lowest BCUT2D eigenvalue weighted by atomic mass is 10.2. The van der Waals surface area contributed by atoms with Crippen molar-refractivity contribution < 1.29 is 23.0 Å². The first-order valence-corrected chi connectivity index (χ1v) is 7.19. The fourth-order valence-corrected chi connectivity index (χ4v) is 3.07. The van der Waals surface area contributed by atoms with Crippen LogP contribution in [0.25, 0.3) is 0 Å². The zero-order valence-corrected chi connectivity index (χ0v) is 12.0. The Morgan fingerprint density at radius 3 is 2.58 bits per heavy atom. The summed E-state index contributed by atoms with van der Waals surface area (Å²) in [5.41, 5.74) is 0.800. The van der Waals surface area contributed by atoms with Gasteiger partial charge in [-0.15, -0.1) is 0 Å². The van der Waals surface area contributed by atoms with Crippen molar-refractivity contribution in [2.45, 2.75) is 17.9 Å². The van der Waals surface area contributed by atoms with Gasteiger partial charge in [-0.3, -0.25) is 0 Å². The molecule has 0 saturated carbocycles. The van der Waals surface area contributed by atoms with Crippen molar-refractivity contribution in [2.24, 2.45) is 0 Å². The van der Waals surface area contributed by atoms with Crippen molar-refractivity contribution in [1.82, 2.24) is 4.72 Å². The molecular weight excluding hydrogens is 270 g/mol. The van der Waals surface area contributed by atoms with Gasteiger partial charge < -0.3 is 14.6 Å². The number of hydrogen-bond donors (Lipinski definition) is 2. The van der Waals surface area contributed by atoms with E-state index < -0.39 is 16.1 Å². The van der Waals surface area contributed by atoms with Crippen molar-refractivity contribution in [3.05, 3.63) is 23.8 Å². The minimum Gasteiger partial charge on any atom is -0.495 e. The summed E-state index contributed by atoms with van der Waals surface area (Å²) in [5, 5.41) is 9.11. The van der Waals surface area contributed by atoms with Crippen LogP contribution in [0.3, 0.4) is 0 Å². The van der Waals surface area contributed by atoms with Crippen LogP contribution in [0.4, 0.5) is 0 Å². The van der Waals surface area contributed by atoms with Gasteiger partial charge in [0.25, 0.3) is 0 Å². The molecule has 0 amide bonds. The molecule has 1 rings (SSSR count). The number of aliphatic hydroxyl groups excluding tert-OH is 1. The van der Waals surface area contributed by atoms with E-state index in [4.69, 9.17) is 14.6 Å². The van der Waals surface area contributed by atoms with E-state index in [-0.39, 0.29) is 23.9 Å². The van der Waals surface area contributed by atoms with Gasteiger partial charge in [-0.1, -0.05) is 6.07 Å². The van der Waals surface area contributed by atoms with Gasteiger partial charge in [0, 0.05) is 7.11 Å². The molecule has 1 unspecified atom stereocenters. The van der Waals surface area contributed by atoms with E-state index in [0.29, 0.717) is 0 Å². The predicted molar refractivity (Wildman–Crippen MR) is 70.8 cm³/mol. The van der Waals surface area contributed by atoms with Gasteiger partial charge >= 0.3 is 0 Å². The van der Waals surface area contributed by atoms with Gasteiger partial charge in [0.05, 0.1) is 26.4 Å². The summed E-state index contributed by atoms with van der Waals surface area (Å²) < 4.78 is 36.8. The maximum Gasteiger partial charge on any atom is 0.244 e. The number of aliphatic hydroxyl groups is 1. The predicted octanol–water partition coefficient (Wildman–Crippen LogP) is 0.289. The maximum absolute atomic E-state index is 12.3. The van der Waals surface area contributed by atoms with Gasteiger partial charge in [-0.2, -0.15) is 0 Å². The first-order chi connectivity index (χ1) is 8.94. The fraction of sp³-hybridized carbons (Fsp3) is 0.500. The maximum atomic E-state index is 12.3. The van der Waals surface area contributed by atoms with Gasteiger partial charge in [0.15, 0.2) is 0 Å². The summed E-state index contributed by atoms with van der Waals surface area (Å²) in [5.74, 6) is 0.257. The molecule has 6 nitrogen and oxygen atoms in total. The molecule has 1 aromatic rings. The van der Waals surface area contributed by atoms with Gasteiger partial charge in [-0.05, 0) is 24.6 Å². The van der Waals surface area contributed by atoms with Crippen LogP contribution < -0.4 is 9.46 Å². The van der Waals surface area contributed by atoms with Gasteiger partial charge in [-0.25, -0.2) is 13.1 Å². The second-order valence-electron chi connectivity index (χ2n) is 4.11. The summed E-state index contributed by atoms with van der Waals surface area (Å²) in [4.78, 5) is 0.0459. The molecule has 108 valence electrons. The summed E-state index contributed by atoms with van der Waals surface area (Å²) in [7, 11) is -0.934. The molecule has 0 saturated heterocycles. The molecular formula is C12H19NO5S. The number of rotatable bonds is 7. The minimum atomic E-state index is -3.77. The van der Waals surface area contributed by atoms with Crippen LogP contribution in [0, 0.1) is 6.92 Å². The number of ether oxygens (including phenoxy) is 2. The third kappa shape index (κ3) is 4.17. The Morgan fingerprint density at radius 2 is 2.05 bits per heavy atom. The summed E-state index contributed by atoms with van der Waals surface area (Å²) in [6.45, 7) is 1.53. The Balaban J connectivity index is 3.09. The smallest absolute Gasteiger partial charge is 0.244 e. The normalized spacial score (nSPS) is 13.3. The molecule has 19 heavy (non-hydrogen) atoms. The highest BCUT2D eigenvalue weighted by Crippen LogP contribution is 2.24. The standard InChI is InChI=1S/C12H19NO5S/c1-9-4-5-11(18-3)12(6-9)19(15,16)13-10(7-14)8-17-2/h4-6,10,13-14H,7-8H2,1-3H3. The molecule has 0 aliphatic rings. The highest BCUT2D eigenvalue weighted by molar-refractivity contribution is 7.89. The number of hydrogen-bond acceptors (Lipinski definition) is 5. The van der Waals surface area contributed by atoms with E-state index in [0.717, 1.165) is 5.56 Å². The highest BCUT2D eigenvalue weighted by atomic mass is 32.2. The topological polar surface area (TPSA) is 84.9 Å². The van der Waals surface area contributed by atoms with Crippen LogP contribution in [0.5, 0.6) is 5.75 Å². The van der Waals surface area contributed by atoms with Crippen molar-refractivity contribution in [1.29, 1.82) is 0 Å². The number of benzene rings is 1. The average Bonchev–Trinajstić information content (AvgIpc) is 2.38. The van der Waals surface area contributed by atoms with Gasteiger partial charge in [0.1, 0.15) is 10.6 Å². The first kappa shape index (κ1) is 15.9. The van der Waals surface area contributed by atoms with Gasteiger partial charge in [0.2, 0.25) is 10.0 Å². The zero-order chi connectivity index (χ0) is 14.5. The lowest BCUT2D eigenvalue weighted by molar-refractivity contribution is 0.139. The summed E-state index contributed by atoms with van der Waals surface area (Å²) in [6, 6.07) is 4.17. The first-order valence-electron chi connectivity index (χ1n) is 5.71. The van der Waals surface area contributed by atoms with E-state index in [1.165, 1.54) is 20.3 Å². The number of nitrogens with one attached hydrogen (secondary N) is 1.